The van der Waals surface area contributed by atoms with Gasteiger partial charge in [-0.15, -0.1) is 11.6 Å². The summed E-state index contributed by atoms with van der Waals surface area (Å²) in [6.45, 7) is 1.99. The summed E-state index contributed by atoms with van der Waals surface area (Å²) in [6, 6.07) is 18.1. The van der Waals surface area contributed by atoms with Gasteiger partial charge in [0.05, 0.1) is 45.6 Å². The third-order valence-corrected chi connectivity index (χ3v) is 11.6. The smallest absolute Gasteiger partial charge is 0.328 e. The number of carbonyl (C=O) groups is 7. The molecule has 72 heavy (non-hydrogen) atoms. The molecule has 0 aliphatic rings. The highest BCUT2D eigenvalue weighted by molar-refractivity contribution is 6.27. The van der Waals surface area contributed by atoms with Crippen LogP contribution in [-0.2, 0) is 70.3 Å². The number of hydrogen-bond acceptors (Lipinski definition) is 12. The van der Waals surface area contributed by atoms with E-state index in [0.717, 1.165) is 62.5 Å². The average molecular weight is 1030 g/mol. The van der Waals surface area contributed by atoms with Crippen LogP contribution >= 0.6 is 11.6 Å². The van der Waals surface area contributed by atoms with Crippen molar-refractivity contribution in [1.29, 1.82) is 0 Å². The molecule has 2 aromatic rings. The van der Waals surface area contributed by atoms with Crippen LogP contribution in [-0.4, -0.2) is 138 Å². The fraction of sp³-hybridized carbons (Fsp3) is 0.642. The van der Waals surface area contributed by atoms with Crippen molar-refractivity contribution in [3.05, 3.63) is 71.8 Å². The Balaban J connectivity index is 1.48. The first kappa shape index (κ1) is 63.0. The Morgan fingerprint density at radius 3 is 1.46 bits per heavy atom. The Kier molecular flexibility index (Phi) is 38.0. The lowest BCUT2D eigenvalue weighted by Gasteiger charge is -2.18. The number of halogens is 1. The van der Waals surface area contributed by atoms with Crippen LogP contribution in [0, 0.1) is 5.92 Å². The molecule has 1 unspecified atom stereocenters. The van der Waals surface area contributed by atoms with Gasteiger partial charge in [0, 0.05) is 39.0 Å². The number of esters is 1. The van der Waals surface area contributed by atoms with Crippen molar-refractivity contribution in [1.82, 2.24) is 26.6 Å². The van der Waals surface area contributed by atoms with Gasteiger partial charge in [-0.1, -0.05) is 138 Å². The van der Waals surface area contributed by atoms with Crippen LogP contribution in [0.2, 0.25) is 0 Å². The molecule has 0 bridgehead atoms. The van der Waals surface area contributed by atoms with Crippen LogP contribution in [0.5, 0.6) is 0 Å². The first-order valence-corrected chi connectivity index (χ1v) is 26.3. The molecule has 0 fully saturated rings. The number of alkyl halides is 1. The summed E-state index contributed by atoms with van der Waals surface area (Å²) < 4.78 is 26.9. The monoisotopic (exact) mass is 1030 g/mol. The van der Waals surface area contributed by atoms with Crippen molar-refractivity contribution in [3.8, 4) is 0 Å². The molecule has 0 saturated carbocycles. The molecule has 18 nitrogen and oxygen atoms in total. The van der Waals surface area contributed by atoms with Crippen molar-refractivity contribution >= 4 is 53.1 Å². The number of carboxylic acid groups (broad SMARTS) is 1. The van der Waals surface area contributed by atoms with Crippen LogP contribution in [0.4, 0.5) is 0 Å². The standard InChI is InChI=1S/C53H82ClN5O13/c54-39-49(62)55-28-29-56-50(63)41-70-36-35-69-33-31-58-51(64)42-71-37-34-68-32-30-57-47(60)27-26-46(53(67)72-40-44-22-16-13-17-23-44)59-48(61)25-19-11-9-7-5-3-1-2-4-6-8-10-18-24-45(52(65)66)38-43-20-14-12-15-21-43/h12-17,20-23,45-46H,1-11,18-19,24-42H2,(H,55,62)(H,56,63)(H,57,60)(H,58,64)(H,59,61)(H,65,66)/t45?,46-/m0/s1. The maximum atomic E-state index is 13.1. The van der Waals surface area contributed by atoms with E-state index in [1.807, 2.05) is 60.7 Å². The second kappa shape index (κ2) is 43.4. The van der Waals surface area contributed by atoms with Gasteiger partial charge in [0.15, 0.2) is 0 Å². The molecule has 6 N–H and O–H groups in total. The number of aliphatic carboxylic acids is 1. The van der Waals surface area contributed by atoms with E-state index in [0.29, 0.717) is 12.8 Å². The first-order valence-electron chi connectivity index (χ1n) is 25.8. The third kappa shape index (κ3) is 35.9. The van der Waals surface area contributed by atoms with Crippen molar-refractivity contribution in [2.45, 2.75) is 128 Å². The molecular formula is C53H82ClN5O13. The number of nitrogens with one attached hydrogen (secondary N) is 5. The molecular weight excluding hydrogens is 950 g/mol. The molecule has 0 aliphatic heterocycles. The minimum atomic E-state index is -0.970. The van der Waals surface area contributed by atoms with E-state index >= 15 is 0 Å². The molecule has 2 aromatic carbocycles. The van der Waals surface area contributed by atoms with E-state index < -0.39 is 18.0 Å². The maximum Gasteiger partial charge on any atom is 0.328 e. The van der Waals surface area contributed by atoms with Gasteiger partial charge in [-0.25, -0.2) is 4.79 Å². The second-order valence-corrected chi connectivity index (χ2v) is 17.7. The predicted molar refractivity (Wildman–Crippen MR) is 274 cm³/mol. The van der Waals surface area contributed by atoms with Crippen LogP contribution < -0.4 is 26.6 Å². The number of hydrogen-bond donors (Lipinski definition) is 6. The quantitative estimate of drug-likeness (QED) is 0.0271. The lowest BCUT2D eigenvalue weighted by molar-refractivity contribution is -0.149. The van der Waals surface area contributed by atoms with Crippen molar-refractivity contribution in [2.75, 3.05) is 84.9 Å². The summed E-state index contributed by atoms with van der Waals surface area (Å²) in [7, 11) is 0. The Labute approximate surface area is 431 Å². The normalized spacial score (nSPS) is 11.8. The Morgan fingerprint density at radius 2 is 0.931 bits per heavy atom. The summed E-state index contributed by atoms with van der Waals surface area (Å²) in [6.07, 6.45) is 15.8. The van der Waals surface area contributed by atoms with E-state index in [4.69, 9.17) is 35.3 Å². The van der Waals surface area contributed by atoms with E-state index in [1.165, 1.54) is 32.1 Å². The molecule has 0 saturated heterocycles. The highest BCUT2D eigenvalue weighted by Gasteiger charge is 2.23. The second-order valence-electron chi connectivity index (χ2n) is 17.5. The zero-order valence-corrected chi connectivity index (χ0v) is 43.0. The van der Waals surface area contributed by atoms with Gasteiger partial charge in [-0.3, -0.25) is 28.8 Å². The van der Waals surface area contributed by atoms with E-state index in [-0.39, 0.29) is 146 Å². The van der Waals surface area contributed by atoms with Crippen LogP contribution in [0.1, 0.15) is 120 Å². The summed E-state index contributed by atoms with van der Waals surface area (Å²) >= 11 is 5.37. The van der Waals surface area contributed by atoms with Crippen LogP contribution in [0.3, 0.4) is 0 Å². The van der Waals surface area contributed by atoms with Gasteiger partial charge in [0.25, 0.3) is 0 Å². The van der Waals surface area contributed by atoms with Gasteiger partial charge in [-0.05, 0) is 36.8 Å². The largest absolute Gasteiger partial charge is 0.481 e. The number of amides is 5. The van der Waals surface area contributed by atoms with Gasteiger partial charge >= 0.3 is 11.9 Å². The molecule has 0 spiro atoms. The highest BCUT2D eigenvalue weighted by atomic mass is 35.5. The van der Waals surface area contributed by atoms with E-state index in [1.54, 1.807) is 0 Å². The fourth-order valence-corrected chi connectivity index (χ4v) is 7.48. The Bertz CT molecular complexity index is 1780. The molecule has 404 valence electrons. The number of benzene rings is 2. The molecule has 0 aromatic heterocycles. The molecule has 0 radical (unpaired) electrons. The molecule has 2 atom stereocenters. The number of ether oxygens (including phenoxy) is 5. The Morgan fingerprint density at radius 1 is 0.472 bits per heavy atom. The lowest BCUT2D eigenvalue weighted by atomic mass is 9.93. The Hall–Kier alpha value is -5.14. The van der Waals surface area contributed by atoms with Gasteiger partial charge in [0.2, 0.25) is 29.5 Å². The van der Waals surface area contributed by atoms with Gasteiger partial charge < -0.3 is 55.4 Å². The predicted octanol–water partition coefficient (Wildman–Crippen LogP) is 5.56. The zero-order chi connectivity index (χ0) is 52.1. The van der Waals surface area contributed by atoms with Crippen molar-refractivity contribution in [2.24, 2.45) is 5.92 Å². The SMILES string of the molecule is O=C(CCl)NCCNC(=O)COCCOCCNC(=O)COCCOCCNC(=O)CC[C@H](NC(=O)CCCCCCCCCCCCCCCC(Cc1ccccc1)C(=O)O)C(=O)OCc1ccccc1. The average Bonchev–Trinajstić information content (AvgIpc) is 3.38. The maximum absolute atomic E-state index is 13.1. The zero-order valence-electron chi connectivity index (χ0n) is 42.3. The molecule has 19 heteroatoms. The van der Waals surface area contributed by atoms with E-state index in [9.17, 15) is 38.7 Å². The fourth-order valence-electron chi connectivity index (χ4n) is 7.39. The number of unbranched alkanes of at least 4 members (excludes halogenated alkanes) is 12. The van der Waals surface area contributed by atoms with Gasteiger partial charge in [-0.2, -0.15) is 0 Å². The summed E-state index contributed by atoms with van der Waals surface area (Å²) in [5.41, 5.74) is 1.89. The van der Waals surface area contributed by atoms with Crippen molar-refractivity contribution in [3.63, 3.8) is 0 Å². The molecule has 0 heterocycles. The van der Waals surface area contributed by atoms with E-state index in [2.05, 4.69) is 26.6 Å². The third-order valence-electron chi connectivity index (χ3n) is 11.4. The highest BCUT2D eigenvalue weighted by Crippen LogP contribution is 2.19. The van der Waals surface area contributed by atoms with Crippen molar-refractivity contribution < 1.29 is 62.4 Å². The minimum absolute atomic E-state index is 0.00807. The first-order chi connectivity index (χ1) is 35.1. The summed E-state index contributed by atoms with van der Waals surface area (Å²) in [5.74, 6) is -3.28. The number of rotatable bonds is 46. The van der Waals surface area contributed by atoms with Crippen LogP contribution in [0.15, 0.2) is 60.7 Å². The molecule has 5 amide bonds. The topological polar surface area (TPSA) is 246 Å². The lowest BCUT2D eigenvalue weighted by Crippen LogP contribution is -2.42. The summed E-state index contributed by atoms with van der Waals surface area (Å²) in [5, 5.41) is 22.9. The minimum Gasteiger partial charge on any atom is -0.481 e. The molecule has 0 aliphatic carbocycles. The summed E-state index contributed by atoms with van der Waals surface area (Å²) in [4.78, 5) is 85.1. The number of carbonyl (C=O) groups excluding carboxylic acids is 6. The number of carboxylic acids is 1. The van der Waals surface area contributed by atoms with Gasteiger partial charge in [0.1, 0.15) is 31.7 Å². The van der Waals surface area contributed by atoms with Crippen LogP contribution in [0.25, 0.3) is 0 Å². The molecule has 2 rings (SSSR count).